The second kappa shape index (κ2) is 6.74. The first-order chi connectivity index (χ1) is 11.5. The van der Waals surface area contributed by atoms with E-state index in [2.05, 4.69) is 16.7 Å². The lowest BCUT2D eigenvalue weighted by molar-refractivity contribution is -0.118. The molecule has 0 radical (unpaired) electrons. The van der Waals surface area contributed by atoms with Crippen LogP contribution in [0.15, 0.2) is 36.4 Å². The molecule has 24 heavy (non-hydrogen) atoms. The van der Waals surface area contributed by atoms with Gasteiger partial charge in [-0.3, -0.25) is 9.59 Å². The van der Waals surface area contributed by atoms with E-state index in [4.69, 9.17) is 4.74 Å². The fourth-order valence-electron chi connectivity index (χ4n) is 2.84. The first kappa shape index (κ1) is 16.1. The first-order valence-electron chi connectivity index (χ1n) is 7.93. The van der Waals surface area contributed by atoms with Gasteiger partial charge >= 0.3 is 0 Å². The summed E-state index contributed by atoms with van der Waals surface area (Å²) < 4.78 is 5.57. The Morgan fingerprint density at radius 3 is 2.62 bits per heavy atom. The molecular formula is C19H20N2O3. The van der Waals surface area contributed by atoms with Gasteiger partial charge in [-0.1, -0.05) is 6.07 Å². The van der Waals surface area contributed by atoms with Crippen LogP contribution in [0.1, 0.15) is 23.1 Å². The van der Waals surface area contributed by atoms with Crippen LogP contribution in [0.3, 0.4) is 0 Å². The molecule has 0 atom stereocenters. The van der Waals surface area contributed by atoms with Crippen molar-refractivity contribution in [2.24, 2.45) is 0 Å². The first-order valence-corrected chi connectivity index (χ1v) is 7.93. The van der Waals surface area contributed by atoms with Crippen molar-refractivity contribution in [1.29, 1.82) is 0 Å². The number of amides is 2. The Labute approximate surface area is 141 Å². The number of anilines is 2. The third-order valence-electron chi connectivity index (χ3n) is 3.85. The molecule has 5 heteroatoms. The topological polar surface area (TPSA) is 67.4 Å². The summed E-state index contributed by atoms with van der Waals surface area (Å²) in [5, 5.41) is 5.66. The molecule has 2 aromatic carbocycles. The molecule has 0 aliphatic carbocycles. The van der Waals surface area contributed by atoms with E-state index in [0.717, 1.165) is 28.1 Å². The van der Waals surface area contributed by atoms with Crippen LogP contribution in [0.5, 0.6) is 5.75 Å². The van der Waals surface area contributed by atoms with Gasteiger partial charge in [0.1, 0.15) is 5.75 Å². The van der Waals surface area contributed by atoms with Crippen molar-refractivity contribution in [2.45, 2.75) is 26.7 Å². The highest BCUT2D eigenvalue weighted by atomic mass is 16.5. The zero-order valence-corrected chi connectivity index (χ0v) is 13.8. The van der Waals surface area contributed by atoms with Gasteiger partial charge in [0, 0.05) is 17.8 Å². The lowest BCUT2D eigenvalue weighted by Crippen LogP contribution is -2.21. The molecule has 2 N–H and O–H groups in total. The Kier molecular flexibility index (Phi) is 4.51. The Morgan fingerprint density at radius 1 is 1.12 bits per heavy atom. The zero-order valence-electron chi connectivity index (χ0n) is 13.8. The number of hydrogen-bond donors (Lipinski definition) is 2. The highest BCUT2D eigenvalue weighted by Gasteiger charge is 2.15. The second-order valence-corrected chi connectivity index (χ2v) is 6.08. The number of benzene rings is 2. The highest BCUT2D eigenvalue weighted by Crippen LogP contribution is 2.26. The third kappa shape index (κ3) is 3.93. The molecule has 5 nitrogen and oxygen atoms in total. The maximum absolute atomic E-state index is 12.0. The number of carbonyl (C=O) groups excluding carboxylic acids is 2. The standard InChI is InChI=1S/C19H20N2O3/c1-12-7-13(2)9-15(8-12)20-19(23)11-24-16-4-5-17-14(10-16)3-6-18(22)21-17/h4-5,7-10H,3,6,11H2,1-2H3,(H,20,23)(H,21,22). The molecule has 0 saturated carbocycles. The van der Waals surface area contributed by atoms with Crippen LogP contribution < -0.4 is 15.4 Å². The van der Waals surface area contributed by atoms with Crippen molar-refractivity contribution >= 4 is 23.2 Å². The van der Waals surface area contributed by atoms with Gasteiger partial charge in [0.25, 0.3) is 5.91 Å². The normalized spacial score (nSPS) is 13.0. The highest BCUT2D eigenvalue weighted by molar-refractivity contribution is 5.94. The van der Waals surface area contributed by atoms with Gasteiger partial charge in [0.15, 0.2) is 6.61 Å². The average molecular weight is 324 g/mol. The van der Waals surface area contributed by atoms with Gasteiger partial charge < -0.3 is 15.4 Å². The molecule has 3 rings (SSSR count). The Balaban J connectivity index is 1.59. The molecule has 0 spiro atoms. The summed E-state index contributed by atoms with van der Waals surface area (Å²) in [5.74, 6) is 0.454. The van der Waals surface area contributed by atoms with Crippen LogP contribution in [-0.2, 0) is 16.0 Å². The van der Waals surface area contributed by atoms with Gasteiger partial charge in [-0.2, -0.15) is 0 Å². The largest absolute Gasteiger partial charge is 0.484 e. The number of aryl methyl sites for hydroxylation is 3. The van der Waals surface area contributed by atoms with Crippen LogP contribution in [0.4, 0.5) is 11.4 Å². The lowest BCUT2D eigenvalue weighted by Gasteiger charge is -2.17. The van der Waals surface area contributed by atoms with E-state index in [0.29, 0.717) is 18.6 Å². The summed E-state index contributed by atoms with van der Waals surface area (Å²) in [6, 6.07) is 11.3. The molecule has 1 aliphatic heterocycles. The van der Waals surface area contributed by atoms with E-state index in [-0.39, 0.29) is 18.4 Å². The Morgan fingerprint density at radius 2 is 1.88 bits per heavy atom. The second-order valence-electron chi connectivity index (χ2n) is 6.08. The third-order valence-corrected chi connectivity index (χ3v) is 3.85. The average Bonchev–Trinajstić information content (AvgIpc) is 2.52. The van der Waals surface area contributed by atoms with E-state index in [9.17, 15) is 9.59 Å². The molecule has 0 aromatic heterocycles. The molecule has 1 heterocycles. The van der Waals surface area contributed by atoms with Crippen molar-refractivity contribution in [3.05, 3.63) is 53.1 Å². The van der Waals surface area contributed by atoms with Crippen LogP contribution in [-0.4, -0.2) is 18.4 Å². The van der Waals surface area contributed by atoms with Crippen LogP contribution in [0, 0.1) is 13.8 Å². The van der Waals surface area contributed by atoms with Crippen molar-refractivity contribution in [2.75, 3.05) is 17.2 Å². The van der Waals surface area contributed by atoms with E-state index in [1.54, 1.807) is 6.07 Å². The molecular weight excluding hydrogens is 304 g/mol. The predicted molar refractivity (Wildman–Crippen MR) is 93.4 cm³/mol. The van der Waals surface area contributed by atoms with E-state index in [1.165, 1.54) is 0 Å². The molecule has 0 unspecified atom stereocenters. The van der Waals surface area contributed by atoms with Crippen molar-refractivity contribution in [1.82, 2.24) is 0 Å². The SMILES string of the molecule is Cc1cc(C)cc(NC(=O)COc2ccc3c(c2)CCC(=O)N3)c1. The maximum Gasteiger partial charge on any atom is 0.262 e. The fourth-order valence-corrected chi connectivity index (χ4v) is 2.84. The van der Waals surface area contributed by atoms with Crippen LogP contribution in [0.2, 0.25) is 0 Å². The minimum Gasteiger partial charge on any atom is -0.484 e. The maximum atomic E-state index is 12.0. The van der Waals surface area contributed by atoms with Crippen molar-refractivity contribution in [3.8, 4) is 5.75 Å². The summed E-state index contributed by atoms with van der Waals surface area (Å²) in [4.78, 5) is 23.4. The van der Waals surface area contributed by atoms with Gasteiger partial charge in [-0.25, -0.2) is 0 Å². The van der Waals surface area contributed by atoms with E-state index >= 15 is 0 Å². The number of fused-ring (bicyclic) bond motifs is 1. The van der Waals surface area contributed by atoms with Gasteiger partial charge in [0.2, 0.25) is 5.91 Å². The smallest absolute Gasteiger partial charge is 0.262 e. The number of hydrogen-bond acceptors (Lipinski definition) is 3. The summed E-state index contributed by atoms with van der Waals surface area (Å²) in [7, 11) is 0. The number of carbonyl (C=O) groups is 2. The summed E-state index contributed by atoms with van der Waals surface area (Å²) in [5.41, 5.74) is 4.82. The minimum atomic E-state index is -0.203. The molecule has 0 bridgehead atoms. The van der Waals surface area contributed by atoms with E-state index in [1.807, 2.05) is 38.1 Å². The molecule has 0 fully saturated rings. The summed E-state index contributed by atoms with van der Waals surface area (Å²) >= 11 is 0. The molecule has 124 valence electrons. The summed E-state index contributed by atoms with van der Waals surface area (Å²) in [6.45, 7) is 3.92. The number of rotatable bonds is 4. The van der Waals surface area contributed by atoms with Gasteiger partial charge in [0.05, 0.1) is 0 Å². The van der Waals surface area contributed by atoms with Crippen molar-refractivity contribution in [3.63, 3.8) is 0 Å². The van der Waals surface area contributed by atoms with Gasteiger partial charge in [-0.05, 0) is 67.3 Å². The lowest BCUT2D eigenvalue weighted by atomic mass is 10.0. The Hall–Kier alpha value is -2.82. The fraction of sp³-hybridized carbons (Fsp3) is 0.263. The predicted octanol–water partition coefficient (Wildman–Crippen LogP) is 3.21. The molecule has 0 saturated heterocycles. The quantitative estimate of drug-likeness (QED) is 0.907. The van der Waals surface area contributed by atoms with Crippen molar-refractivity contribution < 1.29 is 14.3 Å². The minimum absolute atomic E-state index is 0.0315. The number of ether oxygens (including phenoxy) is 1. The Bertz CT molecular complexity index is 779. The molecule has 1 aliphatic rings. The molecule has 2 amide bonds. The van der Waals surface area contributed by atoms with Crippen LogP contribution in [0.25, 0.3) is 0 Å². The monoisotopic (exact) mass is 324 g/mol. The summed E-state index contributed by atoms with van der Waals surface area (Å²) in [6.07, 6.45) is 1.16. The zero-order chi connectivity index (χ0) is 17.1. The molecule has 2 aromatic rings. The number of nitrogens with one attached hydrogen (secondary N) is 2. The van der Waals surface area contributed by atoms with Crippen LogP contribution >= 0.6 is 0 Å². The van der Waals surface area contributed by atoms with Gasteiger partial charge in [-0.15, -0.1) is 0 Å². The van der Waals surface area contributed by atoms with E-state index < -0.39 is 0 Å².